The molecule has 1 atom stereocenters. The van der Waals surface area contributed by atoms with E-state index in [-0.39, 0.29) is 29.1 Å². The van der Waals surface area contributed by atoms with Crippen LogP contribution in [0, 0.1) is 5.82 Å². The Morgan fingerprint density at radius 1 is 1.00 bits per heavy atom. The molecule has 1 fully saturated rings. The monoisotopic (exact) mass is 659 g/mol. The summed E-state index contributed by atoms with van der Waals surface area (Å²) in [6, 6.07) is 17.4. The van der Waals surface area contributed by atoms with Crippen molar-refractivity contribution in [2.24, 2.45) is 0 Å². The van der Waals surface area contributed by atoms with Crippen LogP contribution >= 0.6 is 15.9 Å². The van der Waals surface area contributed by atoms with Gasteiger partial charge in [-0.25, -0.2) is 12.8 Å². The molecule has 1 aliphatic carbocycles. The van der Waals surface area contributed by atoms with Crippen molar-refractivity contribution in [2.75, 3.05) is 17.5 Å². The normalized spacial score (nSPS) is 14.3. The molecular formula is C31H35BrFN3O5S. The average Bonchev–Trinajstić information content (AvgIpc) is 3.49. The highest BCUT2D eigenvalue weighted by Crippen LogP contribution is 2.27. The van der Waals surface area contributed by atoms with Crippen molar-refractivity contribution in [2.45, 2.75) is 63.1 Å². The van der Waals surface area contributed by atoms with Crippen LogP contribution in [-0.2, 0) is 26.2 Å². The number of halogens is 2. The molecule has 3 aromatic carbocycles. The lowest BCUT2D eigenvalue weighted by Gasteiger charge is -2.32. The molecule has 0 radical (unpaired) electrons. The second-order valence-corrected chi connectivity index (χ2v) is 13.0. The lowest BCUT2D eigenvalue weighted by atomic mass is 10.1. The number of rotatable bonds is 12. The van der Waals surface area contributed by atoms with Gasteiger partial charge in [0.1, 0.15) is 24.2 Å². The highest BCUT2D eigenvalue weighted by molar-refractivity contribution is 9.10. The van der Waals surface area contributed by atoms with E-state index in [1.807, 2.05) is 6.92 Å². The maximum Gasteiger partial charge on any atom is 0.264 e. The van der Waals surface area contributed by atoms with E-state index in [1.54, 1.807) is 55.5 Å². The minimum Gasteiger partial charge on any atom is -0.494 e. The number of sulfonamides is 1. The Hall–Kier alpha value is -3.44. The first-order chi connectivity index (χ1) is 20.1. The minimum absolute atomic E-state index is 0.00416. The van der Waals surface area contributed by atoms with Crippen molar-refractivity contribution in [1.29, 1.82) is 0 Å². The summed E-state index contributed by atoms with van der Waals surface area (Å²) in [4.78, 5) is 28.6. The van der Waals surface area contributed by atoms with Crippen LogP contribution in [-0.4, -0.2) is 50.4 Å². The summed E-state index contributed by atoms with van der Waals surface area (Å²) in [7, 11) is -4.19. The third-order valence-electron chi connectivity index (χ3n) is 7.25. The first kappa shape index (κ1) is 31.5. The summed E-state index contributed by atoms with van der Waals surface area (Å²) in [6.45, 7) is 3.34. The number of benzene rings is 3. The molecule has 3 aromatic rings. The fourth-order valence-electron chi connectivity index (χ4n) is 4.90. The van der Waals surface area contributed by atoms with Crippen LogP contribution in [0.3, 0.4) is 0 Å². The van der Waals surface area contributed by atoms with Gasteiger partial charge in [0.25, 0.3) is 10.0 Å². The quantitative estimate of drug-likeness (QED) is 0.271. The van der Waals surface area contributed by atoms with Gasteiger partial charge >= 0.3 is 0 Å². The Morgan fingerprint density at radius 2 is 1.62 bits per heavy atom. The molecule has 2 amide bonds. The van der Waals surface area contributed by atoms with Crippen molar-refractivity contribution in [1.82, 2.24) is 10.2 Å². The van der Waals surface area contributed by atoms with Crippen molar-refractivity contribution in [3.05, 3.63) is 88.6 Å². The highest BCUT2D eigenvalue weighted by Gasteiger charge is 2.33. The Kier molecular flexibility index (Phi) is 10.6. The van der Waals surface area contributed by atoms with Crippen LogP contribution < -0.4 is 14.4 Å². The molecule has 0 bridgehead atoms. The van der Waals surface area contributed by atoms with Crippen LogP contribution in [0.25, 0.3) is 0 Å². The van der Waals surface area contributed by atoms with Gasteiger partial charge in [-0.2, -0.15) is 0 Å². The van der Waals surface area contributed by atoms with Crippen LogP contribution in [0.4, 0.5) is 10.1 Å². The zero-order valence-electron chi connectivity index (χ0n) is 23.6. The van der Waals surface area contributed by atoms with Gasteiger partial charge in [0.15, 0.2) is 0 Å². The molecule has 11 heteroatoms. The fourth-order valence-corrected chi connectivity index (χ4v) is 6.58. The zero-order chi connectivity index (χ0) is 30.3. The number of anilines is 1. The van der Waals surface area contributed by atoms with Gasteiger partial charge in [-0.05, 0) is 92.9 Å². The molecule has 1 N–H and O–H groups in total. The predicted molar refractivity (Wildman–Crippen MR) is 163 cm³/mol. The number of nitrogens with zero attached hydrogens (tertiary/aromatic N) is 2. The Bertz CT molecular complexity index is 1460. The van der Waals surface area contributed by atoms with E-state index < -0.39 is 34.3 Å². The molecule has 0 aliphatic heterocycles. The Labute approximate surface area is 255 Å². The largest absolute Gasteiger partial charge is 0.494 e. The second kappa shape index (κ2) is 14.2. The summed E-state index contributed by atoms with van der Waals surface area (Å²) < 4.78 is 48.7. The summed E-state index contributed by atoms with van der Waals surface area (Å²) in [5.41, 5.74) is 0.869. The second-order valence-electron chi connectivity index (χ2n) is 10.2. The molecule has 8 nitrogen and oxygen atoms in total. The van der Waals surface area contributed by atoms with Crippen molar-refractivity contribution in [3.8, 4) is 5.75 Å². The van der Waals surface area contributed by atoms with E-state index in [4.69, 9.17) is 4.74 Å². The van der Waals surface area contributed by atoms with E-state index in [1.165, 1.54) is 29.2 Å². The number of amides is 2. The third-order valence-corrected chi connectivity index (χ3v) is 9.57. The molecule has 0 spiro atoms. The molecule has 4 rings (SSSR count). The molecule has 0 heterocycles. The van der Waals surface area contributed by atoms with Gasteiger partial charge in [-0.3, -0.25) is 13.9 Å². The van der Waals surface area contributed by atoms with E-state index in [0.717, 1.165) is 30.0 Å². The SMILES string of the molecule is CCOc1ccc(N(CC(=O)N(Cc2ccc(F)cc2)[C@H](C)C(=O)NC2CCCC2)S(=O)(=O)c2ccc(Br)cc2)cc1. The molecule has 0 saturated heterocycles. The fraction of sp³-hybridized carbons (Fsp3) is 0.355. The van der Waals surface area contributed by atoms with Crippen LogP contribution in [0.1, 0.15) is 45.1 Å². The summed E-state index contributed by atoms with van der Waals surface area (Å²) in [6.07, 6.45) is 3.81. The summed E-state index contributed by atoms with van der Waals surface area (Å²) in [5, 5.41) is 3.03. The molecular weight excluding hydrogens is 625 g/mol. The van der Waals surface area contributed by atoms with Gasteiger partial charge in [-0.15, -0.1) is 0 Å². The number of nitrogens with one attached hydrogen (secondary N) is 1. The van der Waals surface area contributed by atoms with Crippen molar-refractivity contribution >= 4 is 43.5 Å². The maximum absolute atomic E-state index is 14.0. The predicted octanol–water partition coefficient (Wildman–Crippen LogP) is 5.66. The van der Waals surface area contributed by atoms with Crippen LogP contribution in [0.15, 0.2) is 82.2 Å². The number of ether oxygens (including phenoxy) is 1. The molecule has 42 heavy (non-hydrogen) atoms. The van der Waals surface area contributed by atoms with E-state index in [2.05, 4.69) is 21.2 Å². The van der Waals surface area contributed by atoms with Gasteiger partial charge in [0.2, 0.25) is 11.8 Å². The number of carbonyl (C=O) groups is 2. The van der Waals surface area contributed by atoms with Gasteiger partial charge < -0.3 is 15.0 Å². The van der Waals surface area contributed by atoms with Gasteiger partial charge in [0.05, 0.1) is 17.2 Å². The van der Waals surface area contributed by atoms with Crippen LogP contribution in [0.5, 0.6) is 5.75 Å². The number of carbonyl (C=O) groups excluding carboxylic acids is 2. The Morgan fingerprint density at radius 3 is 2.21 bits per heavy atom. The Balaban J connectivity index is 1.68. The van der Waals surface area contributed by atoms with Crippen LogP contribution in [0.2, 0.25) is 0 Å². The van der Waals surface area contributed by atoms with Crippen molar-refractivity contribution in [3.63, 3.8) is 0 Å². The van der Waals surface area contributed by atoms with Gasteiger partial charge in [-0.1, -0.05) is 40.9 Å². The molecule has 1 aliphatic rings. The number of hydrogen-bond acceptors (Lipinski definition) is 5. The molecule has 0 aromatic heterocycles. The lowest BCUT2D eigenvalue weighted by molar-refractivity contribution is -0.139. The zero-order valence-corrected chi connectivity index (χ0v) is 26.0. The van der Waals surface area contributed by atoms with E-state index in [0.29, 0.717) is 22.4 Å². The van der Waals surface area contributed by atoms with Gasteiger partial charge in [0, 0.05) is 17.1 Å². The summed E-state index contributed by atoms with van der Waals surface area (Å²) >= 11 is 3.33. The van der Waals surface area contributed by atoms with E-state index in [9.17, 15) is 22.4 Å². The molecule has 1 saturated carbocycles. The average molecular weight is 661 g/mol. The van der Waals surface area contributed by atoms with Crippen molar-refractivity contribution < 1.29 is 27.1 Å². The smallest absolute Gasteiger partial charge is 0.264 e. The standard InChI is InChI=1S/C31H35BrFN3O5S/c1-3-41-28-16-14-27(15-17-28)36(42(39,40)29-18-10-24(32)11-19-29)21-30(37)35(20-23-8-12-25(33)13-9-23)22(2)31(38)34-26-6-4-5-7-26/h8-19,22,26H,3-7,20-21H2,1-2H3,(H,34,38)/t22-/m1/s1. The number of hydrogen-bond donors (Lipinski definition) is 1. The topological polar surface area (TPSA) is 96.0 Å². The third kappa shape index (κ3) is 7.89. The molecule has 224 valence electrons. The highest BCUT2D eigenvalue weighted by atomic mass is 79.9. The summed E-state index contributed by atoms with van der Waals surface area (Å²) in [5.74, 6) is -0.765. The first-order valence-electron chi connectivity index (χ1n) is 13.9. The minimum atomic E-state index is -4.19. The first-order valence-corrected chi connectivity index (χ1v) is 16.2. The lowest BCUT2D eigenvalue weighted by Crippen LogP contribution is -2.52. The van der Waals surface area contributed by atoms with E-state index >= 15 is 0 Å². The molecule has 0 unspecified atom stereocenters. The maximum atomic E-state index is 14.0.